The molecule has 4 rings (SSSR count). The molecule has 0 spiro atoms. The summed E-state index contributed by atoms with van der Waals surface area (Å²) in [5.74, 6) is 5.10. The van der Waals surface area contributed by atoms with Crippen molar-refractivity contribution in [3.05, 3.63) is 83.0 Å². The number of aromatic nitrogens is 1. The van der Waals surface area contributed by atoms with Crippen LogP contribution >= 0.6 is 0 Å². The number of pyridine rings is 1. The number of nitrogen functional groups attached to an aromatic ring is 1. The summed E-state index contributed by atoms with van der Waals surface area (Å²) in [5.41, 5.74) is 10.9. The number of methoxy groups -OCH3 is 1. The predicted molar refractivity (Wildman–Crippen MR) is 120 cm³/mol. The van der Waals surface area contributed by atoms with E-state index in [4.69, 9.17) is 10.5 Å². The number of rotatable bonds is 4. The first kappa shape index (κ1) is 20.9. The predicted octanol–water partition coefficient (Wildman–Crippen LogP) is 3.34. The summed E-state index contributed by atoms with van der Waals surface area (Å²) in [4.78, 5) is 27.8. The maximum Gasteiger partial charge on any atom is 0.407 e. The molecule has 2 aromatic carbocycles. The molecule has 1 heterocycles. The standard InChI is InChI=1S/C25H21N3O4/c1-31-24(29)21-13-16(14-28-23(21)26)7-6-12-27-25(30)32-15-22-19-10-4-2-8-17(19)18-9-3-5-11-20(18)22/h2-5,8-11,13-14,22H,12,15H2,1H3,(H2,26,28)(H,27,30). The summed E-state index contributed by atoms with van der Waals surface area (Å²) >= 11 is 0. The highest BCUT2D eigenvalue weighted by atomic mass is 16.5. The highest BCUT2D eigenvalue weighted by molar-refractivity contribution is 5.94. The first-order valence-corrected chi connectivity index (χ1v) is 10.00. The van der Waals surface area contributed by atoms with Crippen LogP contribution in [0, 0.1) is 11.8 Å². The number of alkyl carbamates (subject to hydrolysis) is 1. The van der Waals surface area contributed by atoms with Crippen LogP contribution in [-0.2, 0) is 9.47 Å². The quantitative estimate of drug-likeness (QED) is 0.489. The lowest BCUT2D eigenvalue weighted by Gasteiger charge is -2.14. The normalized spacial score (nSPS) is 11.5. The molecule has 0 atom stereocenters. The van der Waals surface area contributed by atoms with Gasteiger partial charge in [-0.1, -0.05) is 60.4 Å². The van der Waals surface area contributed by atoms with Gasteiger partial charge in [-0.2, -0.15) is 0 Å². The molecule has 1 amide bonds. The van der Waals surface area contributed by atoms with Gasteiger partial charge in [0.25, 0.3) is 0 Å². The lowest BCUT2D eigenvalue weighted by atomic mass is 9.98. The molecule has 0 unspecified atom stereocenters. The Balaban J connectivity index is 1.34. The monoisotopic (exact) mass is 427 g/mol. The number of ether oxygens (including phenoxy) is 2. The topological polar surface area (TPSA) is 104 Å². The molecule has 0 radical (unpaired) electrons. The zero-order valence-electron chi connectivity index (χ0n) is 17.4. The smallest absolute Gasteiger partial charge is 0.407 e. The van der Waals surface area contributed by atoms with E-state index >= 15 is 0 Å². The molecule has 7 heteroatoms. The molecule has 7 nitrogen and oxygen atoms in total. The first-order chi connectivity index (χ1) is 15.6. The minimum Gasteiger partial charge on any atom is -0.465 e. The van der Waals surface area contributed by atoms with Gasteiger partial charge in [-0.15, -0.1) is 0 Å². The largest absolute Gasteiger partial charge is 0.465 e. The number of anilines is 1. The van der Waals surface area contributed by atoms with Crippen molar-refractivity contribution in [3.63, 3.8) is 0 Å². The van der Waals surface area contributed by atoms with Crippen LogP contribution < -0.4 is 11.1 Å². The maximum absolute atomic E-state index is 12.2. The molecule has 1 aliphatic carbocycles. The number of hydrogen-bond donors (Lipinski definition) is 2. The third kappa shape index (κ3) is 4.25. The molecule has 3 N–H and O–H groups in total. The molecule has 1 aromatic heterocycles. The number of nitrogens with two attached hydrogens (primary N) is 1. The number of amides is 1. The Bertz CT molecular complexity index is 1200. The van der Waals surface area contributed by atoms with E-state index in [1.165, 1.54) is 30.5 Å². The minimum atomic E-state index is -0.588. The van der Waals surface area contributed by atoms with Crippen LogP contribution in [0.5, 0.6) is 0 Å². The summed E-state index contributed by atoms with van der Waals surface area (Å²) in [7, 11) is 1.26. The highest BCUT2D eigenvalue weighted by Gasteiger charge is 2.28. The van der Waals surface area contributed by atoms with Gasteiger partial charge in [0.05, 0.1) is 13.7 Å². The van der Waals surface area contributed by atoms with Crippen molar-refractivity contribution in [3.8, 4) is 23.0 Å². The number of nitrogens with zero attached hydrogens (tertiary/aromatic N) is 1. The molecule has 0 bridgehead atoms. The van der Waals surface area contributed by atoms with E-state index < -0.39 is 12.1 Å². The second-order valence-electron chi connectivity index (χ2n) is 7.13. The number of hydrogen-bond acceptors (Lipinski definition) is 6. The SMILES string of the molecule is COC(=O)c1cc(C#CCNC(=O)OCC2c3ccccc3-c3ccccc32)cnc1N. The van der Waals surface area contributed by atoms with Gasteiger partial charge in [0.15, 0.2) is 0 Å². The fourth-order valence-electron chi connectivity index (χ4n) is 3.73. The van der Waals surface area contributed by atoms with E-state index in [2.05, 4.69) is 51.1 Å². The fourth-order valence-corrected chi connectivity index (χ4v) is 3.73. The minimum absolute atomic E-state index is 0.00294. The number of fused-ring (bicyclic) bond motifs is 3. The van der Waals surface area contributed by atoms with Crippen molar-refractivity contribution in [2.75, 3.05) is 26.0 Å². The summed E-state index contributed by atoms with van der Waals surface area (Å²) in [5, 5.41) is 2.61. The van der Waals surface area contributed by atoms with Gasteiger partial charge >= 0.3 is 12.1 Å². The molecule has 0 fully saturated rings. The van der Waals surface area contributed by atoms with Crippen molar-refractivity contribution in [1.82, 2.24) is 10.3 Å². The Kier molecular flexibility index (Phi) is 6.04. The third-order valence-corrected chi connectivity index (χ3v) is 5.22. The van der Waals surface area contributed by atoms with Gasteiger partial charge in [0, 0.05) is 17.7 Å². The van der Waals surface area contributed by atoms with E-state index in [1.54, 1.807) is 0 Å². The third-order valence-electron chi connectivity index (χ3n) is 5.22. The summed E-state index contributed by atoms with van der Waals surface area (Å²) in [6.07, 6.45) is 0.897. The summed E-state index contributed by atoms with van der Waals surface area (Å²) in [6.45, 7) is 0.312. The molecule has 0 saturated heterocycles. The first-order valence-electron chi connectivity index (χ1n) is 10.00. The van der Waals surface area contributed by atoms with E-state index in [0.29, 0.717) is 5.56 Å². The van der Waals surface area contributed by atoms with Gasteiger partial charge in [0.1, 0.15) is 18.0 Å². The zero-order chi connectivity index (χ0) is 22.5. The van der Waals surface area contributed by atoms with Crippen molar-refractivity contribution >= 4 is 17.9 Å². The highest BCUT2D eigenvalue weighted by Crippen LogP contribution is 2.44. The number of esters is 1. The number of benzene rings is 2. The molecule has 0 aliphatic heterocycles. The molecular weight excluding hydrogens is 406 g/mol. The van der Waals surface area contributed by atoms with Crippen molar-refractivity contribution in [2.45, 2.75) is 5.92 Å². The van der Waals surface area contributed by atoms with Gasteiger partial charge in [-0.05, 0) is 28.3 Å². The van der Waals surface area contributed by atoms with Gasteiger partial charge in [-0.3, -0.25) is 0 Å². The average molecular weight is 427 g/mol. The lowest BCUT2D eigenvalue weighted by Crippen LogP contribution is -2.26. The van der Waals surface area contributed by atoms with Crippen LogP contribution in [0.1, 0.15) is 33.0 Å². The Labute approximate surface area is 185 Å². The van der Waals surface area contributed by atoms with E-state index in [1.807, 2.05) is 24.3 Å². The maximum atomic E-state index is 12.2. The number of carbonyl (C=O) groups is 2. The zero-order valence-corrected chi connectivity index (χ0v) is 17.4. The van der Waals surface area contributed by atoms with Gasteiger partial charge in [-0.25, -0.2) is 14.6 Å². The number of carbonyl (C=O) groups excluding carboxylic acids is 2. The second-order valence-corrected chi connectivity index (χ2v) is 7.13. The lowest BCUT2D eigenvalue weighted by molar-refractivity contribution is 0.0601. The Morgan fingerprint density at radius 2 is 1.75 bits per heavy atom. The molecule has 32 heavy (non-hydrogen) atoms. The fraction of sp³-hybridized carbons (Fsp3) is 0.160. The average Bonchev–Trinajstić information content (AvgIpc) is 3.14. The molecule has 1 aliphatic rings. The van der Waals surface area contributed by atoms with Crippen LogP contribution in [0.15, 0.2) is 60.8 Å². The van der Waals surface area contributed by atoms with E-state index in [0.717, 1.165) is 11.1 Å². The Morgan fingerprint density at radius 1 is 1.09 bits per heavy atom. The van der Waals surface area contributed by atoms with Crippen LogP contribution in [0.2, 0.25) is 0 Å². The molecule has 3 aromatic rings. The van der Waals surface area contributed by atoms with Crippen molar-refractivity contribution in [2.24, 2.45) is 0 Å². The van der Waals surface area contributed by atoms with Gasteiger partial charge < -0.3 is 20.5 Å². The Hall–Kier alpha value is -4.31. The van der Waals surface area contributed by atoms with Crippen molar-refractivity contribution < 1.29 is 19.1 Å². The van der Waals surface area contributed by atoms with E-state index in [-0.39, 0.29) is 30.5 Å². The second kappa shape index (κ2) is 9.23. The molecule has 0 saturated carbocycles. The Morgan fingerprint density at radius 3 is 2.41 bits per heavy atom. The summed E-state index contributed by atoms with van der Waals surface area (Å²) < 4.78 is 10.1. The van der Waals surface area contributed by atoms with Gasteiger partial charge in [0.2, 0.25) is 0 Å². The molecule has 160 valence electrons. The van der Waals surface area contributed by atoms with E-state index in [9.17, 15) is 9.59 Å². The van der Waals surface area contributed by atoms with Crippen LogP contribution in [-0.4, -0.2) is 37.3 Å². The van der Waals surface area contributed by atoms with Crippen LogP contribution in [0.4, 0.5) is 10.6 Å². The molecular formula is C25H21N3O4. The van der Waals surface area contributed by atoms with Crippen LogP contribution in [0.3, 0.4) is 0 Å². The van der Waals surface area contributed by atoms with Crippen molar-refractivity contribution in [1.29, 1.82) is 0 Å². The number of nitrogens with one attached hydrogen (secondary N) is 1. The van der Waals surface area contributed by atoms with Crippen LogP contribution in [0.25, 0.3) is 11.1 Å². The summed E-state index contributed by atoms with van der Waals surface area (Å²) in [6, 6.07) is 17.8.